The van der Waals surface area contributed by atoms with Crippen molar-refractivity contribution >= 4 is 0 Å². The third-order valence-electron chi connectivity index (χ3n) is 5.83. The average molecular weight is 324 g/mol. The molecule has 0 unspecified atom stereocenters. The monoisotopic (exact) mass is 324 g/mol. The molecular formula is C20H24N2O2. The van der Waals surface area contributed by atoms with Crippen molar-refractivity contribution in [2.45, 2.75) is 36.9 Å². The molecule has 1 aliphatic heterocycles. The van der Waals surface area contributed by atoms with Gasteiger partial charge in [0.15, 0.2) is 0 Å². The van der Waals surface area contributed by atoms with E-state index in [2.05, 4.69) is 17.0 Å². The fraction of sp³-hybridized carbons (Fsp3) is 0.400. The molecule has 2 atom stereocenters. The Labute approximate surface area is 142 Å². The summed E-state index contributed by atoms with van der Waals surface area (Å²) in [5, 5.41) is 20.4. The number of likely N-dealkylation sites (tertiary alicyclic amines) is 1. The molecule has 1 saturated heterocycles. The van der Waals surface area contributed by atoms with Gasteiger partial charge in [-0.05, 0) is 54.8 Å². The lowest BCUT2D eigenvalue weighted by Gasteiger charge is -2.42. The van der Waals surface area contributed by atoms with Gasteiger partial charge in [-0.1, -0.05) is 36.4 Å². The van der Waals surface area contributed by atoms with Crippen LogP contribution >= 0.6 is 0 Å². The molecule has 0 radical (unpaired) electrons. The minimum atomic E-state index is -0.502. The number of aliphatic hydroxyl groups excluding tert-OH is 1. The van der Waals surface area contributed by atoms with Crippen LogP contribution in [0.4, 0.5) is 0 Å². The van der Waals surface area contributed by atoms with Gasteiger partial charge >= 0.3 is 0 Å². The maximum absolute atomic E-state index is 10.8. The maximum Gasteiger partial charge on any atom is 0.115 e. The van der Waals surface area contributed by atoms with Crippen molar-refractivity contribution in [3.8, 4) is 5.75 Å². The van der Waals surface area contributed by atoms with Gasteiger partial charge in [0.05, 0.1) is 12.1 Å². The third-order valence-corrected chi connectivity index (χ3v) is 5.83. The summed E-state index contributed by atoms with van der Waals surface area (Å²) < 4.78 is 0. The molecule has 4 rings (SSSR count). The van der Waals surface area contributed by atoms with Crippen molar-refractivity contribution in [3.05, 3.63) is 65.2 Å². The molecule has 24 heavy (non-hydrogen) atoms. The molecule has 4 nitrogen and oxygen atoms in total. The van der Waals surface area contributed by atoms with Crippen molar-refractivity contribution in [1.82, 2.24) is 4.90 Å². The molecule has 0 bridgehead atoms. The van der Waals surface area contributed by atoms with Crippen LogP contribution in [0.2, 0.25) is 0 Å². The lowest BCUT2D eigenvalue weighted by molar-refractivity contribution is 0.0271. The zero-order chi connectivity index (χ0) is 16.7. The standard InChI is InChI=1S/C20H24N2O2/c21-18-16-6-1-2-7-17(16)20(19(18)24)8-10-22(11-9-20)13-14-4-3-5-15(23)12-14/h1-7,12,18-19,23-24H,8-11,13,21H2/t18-,19+/m0/s1. The van der Waals surface area contributed by atoms with E-state index >= 15 is 0 Å². The van der Waals surface area contributed by atoms with Gasteiger partial charge in [0, 0.05) is 12.0 Å². The molecular weight excluding hydrogens is 300 g/mol. The first-order valence-corrected chi connectivity index (χ1v) is 8.63. The van der Waals surface area contributed by atoms with Crippen LogP contribution in [0.5, 0.6) is 5.75 Å². The molecule has 1 heterocycles. The second-order valence-electron chi connectivity index (χ2n) is 7.16. The molecule has 126 valence electrons. The number of nitrogens with zero attached hydrogens (tertiary/aromatic N) is 1. The molecule has 0 amide bonds. The number of piperidine rings is 1. The molecule has 2 aromatic carbocycles. The molecule has 0 saturated carbocycles. The number of fused-ring (bicyclic) bond motifs is 2. The maximum atomic E-state index is 10.8. The van der Waals surface area contributed by atoms with Crippen LogP contribution in [0.1, 0.15) is 35.6 Å². The van der Waals surface area contributed by atoms with E-state index in [9.17, 15) is 10.2 Å². The van der Waals surface area contributed by atoms with Crippen LogP contribution in [0.3, 0.4) is 0 Å². The van der Waals surface area contributed by atoms with Crippen LogP contribution in [0, 0.1) is 0 Å². The molecule has 1 spiro atoms. The minimum Gasteiger partial charge on any atom is -0.508 e. The largest absolute Gasteiger partial charge is 0.508 e. The molecule has 1 fully saturated rings. The summed E-state index contributed by atoms with van der Waals surface area (Å²) in [5.41, 5.74) is 9.54. The van der Waals surface area contributed by atoms with Gasteiger partial charge in [-0.2, -0.15) is 0 Å². The van der Waals surface area contributed by atoms with E-state index in [0.717, 1.165) is 43.6 Å². The van der Waals surface area contributed by atoms with Crippen LogP contribution < -0.4 is 5.73 Å². The Hall–Kier alpha value is -1.88. The van der Waals surface area contributed by atoms with Crippen molar-refractivity contribution in [3.63, 3.8) is 0 Å². The smallest absolute Gasteiger partial charge is 0.115 e. The van der Waals surface area contributed by atoms with Gasteiger partial charge < -0.3 is 15.9 Å². The Balaban J connectivity index is 1.52. The predicted molar refractivity (Wildman–Crippen MR) is 93.7 cm³/mol. The fourth-order valence-corrected chi connectivity index (χ4v) is 4.50. The molecule has 2 aromatic rings. The van der Waals surface area contributed by atoms with Crippen molar-refractivity contribution in [2.75, 3.05) is 13.1 Å². The lowest BCUT2D eigenvalue weighted by Crippen LogP contribution is -2.48. The number of nitrogens with two attached hydrogens (primary N) is 1. The quantitative estimate of drug-likeness (QED) is 0.793. The Morgan fingerprint density at radius 2 is 1.83 bits per heavy atom. The SMILES string of the molecule is N[C@H]1c2ccccc2C2(CCN(Cc3cccc(O)c3)CC2)[C@@H]1O. The second-order valence-corrected chi connectivity index (χ2v) is 7.16. The molecule has 1 aliphatic carbocycles. The summed E-state index contributed by atoms with van der Waals surface area (Å²) >= 11 is 0. The summed E-state index contributed by atoms with van der Waals surface area (Å²) in [6.07, 6.45) is 1.33. The first kappa shape index (κ1) is 15.6. The van der Waals surface area contributed by atoms with E-state index < -0.39 is 6.10 Å². The Bertz CT molecular complexity index is 738. The number of hydrogen-bond acceptors (Lipinski definition) is 4. The third kappa shape index (κ3) is 2.42. The second kappa shape index (κ2) is 5.88. The van der Waals surface area contributed by atoms with Gasteiger partial charge in [-0.3, -0.25) is 4.90 Å². The number of hydrogen-bond donors (Lipinski definition) is 3. The van der Waals surface area contributed by atoms with Gasteiger partial charge in [0.2, 0.25) is 0 Å². The van der Waals surface area contributed by atoms with Crippen LogP contribution in [0.25, 0.3) is 0 Å². The van der Waals surface area contributed by atoms with Crippen LogP contribution in [-0.4, -0.2) is 34.3 Å². The predicted octanol–water partition coefficient (Wildman–Crippen LogP) is 2.30. The van der Waals surface area contributed by atoms with Crippen molar-refractivity contribution in [2.24, 2.45) is 5.73 Å². The Morgan fingerprint density at radius 1 is 1.08 bits per heavy atom. The molecule has 4 N–H and O–H groups in total. The highest BCUT2D eigenvalue weighted by Gasteiger charge is 2.51. The van der Waals surface area contributed by atoms with Gasteiger partial charge in [0.25, 0.3) is 0 Å². The topological polar surface area (TPSA) is 69.7 Å². The number of benzene rings is 2. The summed E-state index contributed by atoms with van der Waals surface area (Å²) in [7, 11) is 0. The van der Waals surface area contributed by atoms with Crippen LogP contribution in [-0.2, 0) is 12.0 Å². The molecule has 0 aromatic heterocycles. The first-order chi connectivity index (χ1) is 11.6. The number of aliphatic hydroxyl groups is 1. The van der Waals surface area contributed by atoms with Crippen LogP contribution in [0.15, 0.2) is 48.5 Å². The zero-order valence-electron chi connectivity index (χ0n) is 13.7. The van der Waals surface area contributed by atoms with E-state index in [-0.39, 0.29) is 11.5 Å². The summed E-state index contributed by atoms with van der Waals surface area (Å²) in [5.74, 6) is 0.312. The lowest BCUT2D eigenvalue weighted by atomic mass is 9.72. The first-order valence-electron chi connectivity index (χ1n) is 8.63. The van der Waals surface area contributed by atoms with Gasteiger partial charge in [-0.25, -0.2) is 0 Å². The number of phenolic OH excluding ortho intramolecular Hbond substituents is 1. The summed E-state index contributed by atoms with van der Waals surface area (Å²) in [6.45, 7) is 2.68. The summed E-state index contributed by atoms with van der Waals surface area (Å²) in [6, 6.07) is 15.4. The normalized spacial score (nSPS) is 25.8. The number of aromatic hydroxyl groups is 1. The summed E-state index contributed by atoms with van der Waals surface area (Å²) in [4.78, 5) is 2.39. The van der Waals surface area contributed by atoms with Gasteiger partial charge in [-0.15, -0.1) is 0 Å². The van der Waals surface area contributed by atoms with E-state index in [1.165, 1.54) is 5.56 Å². The van der Waals surface area contributed by atoms with E-state index in [0.29, 0.717) is 5.75 Å². The van der Waals surface area contributed by atoms with Crippen molar-refractivity contribution < 1.29 is 10.2 Å². The average Bonchev–Trinajstić information content (AvgIpc) is 2.80. The Kier molecular flexibility index (Phi) is 3.83. The number of phenols is 1. The highest BCUT2D eigenvalue weighted by atomic mass is 16.3. The Morgan fingerprint density at radius 3 is 2.58 bits per heavy atom. The highest BCUT2D eigenvalue weighted by molar-refractivity contribution is 5.45. The highest BCUT2D eigenvalue weighted by Crippen LogP contribution is 2.50. The minimum absolute atomic E-state index is 0.203. The van der Waals surface area contributed by atoms with E-state index in [1.807, 2.05) is 30.3 Å². The van der Waals surface area contributed by atoms with E-state index in [4.69, 9.17) is 5.73 Å². The fourth-order valence-electron chi connectivity index (χ4n) is 4.50. The molecule has 4 heteroatoms. The number of rotatable bonds is 2. The van der Waals surface area contributed by atoms with Gasteiger partial charge in [0.1, 0.15) is 5.75 Å². The molecule has 2 aliphatic rings. The zero-order valence-corrected chi connectivity index (χ0v) is 13.7. The van der Waals surface area contributed by atoms with Crippen molar-refractivity contribution in [1.29, 1.82) is 0 Å². The van der Waals surface area contributed by atoms with E-state index in [1.54, 1.807) is 6.07 Å².